The third-order valence-electron chi connectivity index (χ3n) is 7.39. The van der Waals surface area contributed by atoms with Gasteiger partial charge in [0.15, 0.2) is 5.78 Å². The Morgan fingerprint density at radius 2 is 1.97 bits per heavy atom. The Hall–Kier alpha value is -3.82. The molecule has 1 aliphatic rings. The van der Waals surface area contributed by atoms with Gasteiger partial charge in [-0.25, -0.2) is 14.4 Å². The predicted molar refractivity (Wildman–Crippen MR) is 136 cm³/mol. The standard InChI is InChI=1S/C28H27F4N5O/c1-27(14-23(38)17-8-9-21(33)20(29)12-17)10-4-5-16(13-27)11-24-34-15-19(28(30,31)32)26(35-24)25-18-6-2-3-7-22(18)36-37-25/h2-3,6-9,12,15-16H,4-5,10-11,13-14,33H2,1H3,(H,36,37)/t16-,27-/m0/s1. The molecule has 0 unspecified atom stereocenters. The first-order chi connectivity index (χ1) is 18.0. The number of benzene rings is 2. The summed E-state index contributed by atoms with van der Waals surface area (Å²) in [4.78, 5) is 21.4. The summed E-state index contributed by atoms with van der Waals surface area (Å²) in [5, 5.41) is 7.46. The van der Waals surface area contributed by atoms with Crippen molar-refractivity contribution in [1.82, 2.24) is 20.2 Å². The third kappa shape index (κ3) is 5.25. The van der Waals surface area contributed by atoms with Crippen molar-refractivity contribution in [3.8, 4) is 11.4 Å². The highest BCUT2D eigenvalue weighted by Crippen LogP contribution is 2.44. The van der Waals surface area contributed by atoms with E-state index < -0.39 is 17.6 Å². The van der Waals surface area contributed by atoms with Gasteiger partial charge in [0.05, 0.1) is 11.2 Å². The van der Waals surface area contributed by atoms with E-state index in [1.807, 2.05) is 6.92 Å². The molecule has 2 heterocycles. The lowest BCUT2D eigenvalue weighted by Gasteiger charge is -2.38. The van der Waals surface area contributed by atoms with Crippen LogP contribution in [-0.4, -0.2) is 25.9 Å². The quantitative estimate of drug-likeness (QED) is 0.164. The summed E-state index contributed by atoms with van der Waals surface area (Å²) in [5.74, 6) is -0.389. The molecule has 38 heavy (non-hydrogen) atoms. The summed E-state index contributed by atoms with van der Waals surface area (Å²) in [5.41, 5.74) is 5.03. The number of para-hydroxylation sites is 1. The molecule has 2 atom stereocenters. The number of fused-ring (bicyclic) bond motifs is 1. The van der Waals surface area contributed by atoms with Gasteiger partial charge in [0.25, 0.3) is 0 Å². The summed E-state index contributed by atoms with van der Waals surface area (Å²) in [6.07, 6.45) is 0.0420. The summed E-state index contributed by atoms with van der Waals surface area (Å²) in [6, 6.07) is 11.0. The van der Waals surface area contributed by atoms with Crippen molar-refractivity contribution < 1.29 is 22.4 Å². The van der Waals surface area contributed by atoms with Crippen LogP contribution in [0.4, 0.5) is 23.2 Å². The van der Waals surface area contributed by atoms with E-state index in [9.17, 15) is 22.4 Å². The van der Waals surface area contributed by atoms with Gasteiger partial charge < -0.3 is 5.73 Å². The minimum Gasteiger partial charge on any atom is -0.396 e. The van der Waals surface area contributed by atoms with Gasteiger partial charge in [-0.2, -0.15) is 18.3 Å². The number of nitrogen functional groups attached to an aromatic ring is 1. The second-order valence-electron chi connectivity index (χ2n) is 10.5. The average Bonchev–Trinajstić information content (AvgIpc) is 3.29. The minimum absolute atomic E-state index is 0.00996. The van der Waals surface area contributed by atoms with Gasteiger partial charge in [-0.15, -0.1) is 0 Å². The Balaban J connectivity index is 1.38. The molecule has 1 aliphatic carbocycles. The molecule has 6 nitrogen and oxygen atoms in total. The summed E-state index contributed by atoms with van der Waals surface area (Å²) in [7, 11) is 0. The van der Waals surface area contributed by atoms with Crippen LogP contribution >= 0.6 is 0 Å². The number of aromatic amines is 1. The van der Waals surface area contributed by atoms with E-state index in [0.29, 0.717) is 29.6 Å². The van der Waals surface area contributed by atoms with E-state index in [0.717, 1.165) is 31.5 Å². The Labute approximate surface area is 216 Å². The van der Waals surface area contributed by atoms with Crippen molar-refractivity contribution in [2.24, 2.45) is 11.3 Å². The van der Waals surface area contributed by atoms with Crippen molar-refractivity contribution >= 4 is 22.4 Å². The summed E-state index contributed by atoms with van der Waals surface area (Å²) >= 11 is 0. The van der Waals surface area contributed by atoms with Crippen LogP contribution in [0.1, 0.15) is 60.8 Å². The lowest BCUT2D eigenvalue weighted by molar-refractivity contribution is -0.137. The molecule has 2 aromatic heterocycles. The molecule has 0 bridgehead atoms. The first-order valence-electron chi connectivity index (χ1n) is 12.5. The zero-order valence-electron chi connectivity index (χ0n) is 20.8. The first kappa shape index (κ1) is 25.8. The maximum absolute atomic E-state index is 13.9. The Kier molecular flexibility index (Phi) is 6.66. The average molecular weight is 526 g/mol. The van der Waals surface area contributed by atoms with Gasteiger partial charge in [0, 0.05) is 30.0 Å². The second-order valence-corrected chi connectivity index (χ2v) is 10.5. The van der Waals surface area contributed by atoms with Gasteiger partial charge in [0.2, 0.25) is 0 Å². The molecule has 5 rings (SSSR count). The third-order valence-corrected chi connectivity index (χ3v) is 7.39. The molecular weight excluding hydrogens is 498 g/mol. The highest BCUT2D eigenvalue weighted by Gasteiger charge is 2.38. The van der Waals surface area contributed by atoms with Crippen LogP contribution < -0.4 is 5.73 Å². The highest BCUT2D eigenvalue weighted by atomic mass is 19.4. The van der Waals surface area contributed by atoms with Crippen LogP contribution in [0.2, 0.25) is 0 Å². The number of nitrogens with two attached hydrogens (primary N) is 1. The van der Waals surface area contributed by atoms with Crippen molar-refractivity contribution in [2.75, 3.05) is 5.73 Å². The molecule has 0 amide bonds. The SMILES string of the molecule is C[C@]1(CC(=O)c2ccc(N)c(F)c2)CCC[C@@H](Cc2ncc(C(F)(F)F)c(-c3n[nH]c4ccccc34)n2)C1. The number of ketones is 1. The lowest BCUT2D eigenvalue weighted by atomic mass is 9.67. The topological polar surface area (TPSA) is 97.5 Å². The molecule has 10 heteroatoms. The van der Waals surface area contributed by atoms with Crippen molar-refractivity contribution in [3.05, 3.63) is 71.4 Å². The number of aromatic nitrogens is 4. The molecule has 1 fully saturated rings. The number of nitrogens with zero attached hydrogens (tertiary/aromatic N) is 3. The molecule has 0 aliphatic heterocycles. The number of rotatable bonds is 6. The van der Waals surface area contributed by atoms with E-state index in [1.165, 1.54) is 12.1 Å². The van der Waals surface area contributed by atoms with Gasteiger partial charge in [0.1, 0.15) is 28.6 Å². The van der Waals surface area contributed by atoms with Crippen LogP contribution in [0, 0.1) is 17.2 Å². The van der Waals surface area contributed by atoms with E-state index in [2.05, 4.69) is 20.2 Å². The van der Waals surface area contributed by atoms with Crippen molar-refractivity contribution in [1.29, 1.82) is 0 Å². The van der Waals surface area contributed by atoms with Gasteiger partial charge in [-0.05, 0) is 54.9 Å². The fourth-order valence-corrected chi connectivity index (χ4v) is 5.55. The molecule has 4 aromatic rings. The van der Waals surface area contributed by atoms with E-state index in [1.54, 1.807) is 24.3 Å². The fourth-order valence-electron chi connectivity index (χ4n) is 5.55. The maximum Gasteiger partial charge on any atom is 0.420 e. The fraction of sp³-hybridized carbons (Fsp3) is 0.357. The maximum atomic E-state index is 13.9. The molecule has 3 N–H and O–H groups in total. The molecule has 0 spiro atoms. The van der Waals surface area contributed by atoms with Crippen LogP contribution in [0.5, 0.6) is 0 Å². The van der Waals surface area contributed by atoms with Gasteiger partial charge >= 0.3 is 6.18 Å². The number of hydrogen-bond acceptors (Lipinski definition) is 5. The second kappa shape index (κ2) is 9.81. The number of carbonyl (C=O) groups is 1. The number of carbonyl (C=O) groups excluding carboxylic acids is 1. The van der Waals surface area contributed by atoms with Crippen LogP contribution in [0.3, 0.4) is 0 Å². The van der Waals surface area contributed by atoms with Crippen LogP contribution in [-0.2, 0) is 12.6 Å². The molecule has 1 saturated carbocycles. The normalized spacial score (nSPS) is 20.1. The summed E-state index contributed by atoms with van der Waals surface area (Å²) in [6.45, 7) is 2.03. The highest BCUT2D eigenvalue weighted by molar-refractivity contribution is 5.96. The number of nitrogens with one attached hydrogen (secondary N) is 1. The van der Waals surface area contributed by atoms with Crippen LogP contribution in [0.25, 0.3) is 22.3 Å². The molecule has 2 aromatic carbocycles. The van der Waals surface area contributed by atoms with Crippen LogP contribution in [0.15, 0.2) is 48.7 Å². The van der Waals surface area contributed by atoms with Gasteiger partial charge in [-0.1, -0.05) is 31.5 Å². The van der Waals surface area contributed by atoms with Gasteiger partial charge in [-0.3, -0.25) is 9.89 Å². The van der Waals surface area contributed by atoms with E-state index in [-0.39, 0.29) is 46.2 Å². The Morgan fingerprint density at radius 1 is 1.18 bits per heavy atom. The zero-order chi connectivity index (χ0) is 27.1. The van der Waals surface area contributed by atoms with E-state index >= 15 is 0 Å². The molecule has 0 saturated heterocycles. The number of anilines is 1. The first-order valence-corrected chi connectivity index (χ1v) is 12.5. The molecule has 0 radical (unpaired) electrons. The monoisotopic (exact) mass is 525 g/mol. The Bertz CT molecular complexity index is 1500. The molecular formula is C28H27F4N5O. The number of alkyl halides is 3. The lowest BCUT2D eigenvalue weighted by Crippen LogP contribution is -2.30. The largest absolute Gasteiger partial charge is 0.420 e. The van der Waals surface area contributed by atoms with Crippen molar-refractivity contribution in [3.63, 3.8) is 0 Å². The number of H-pyrrole nitrogens is 1. The smallest absolute Gasteiger partial charge is 0.396 e. The summed E-state index contributed by atoms with van der Waals surface area (Å²) < 4.78 is 55.5. The zero-order valence-corrected chi connectivity index (χ0v) is 20.8. The number of Topliss-reactive ketones (excluding diaryl/α,β-unsaturated/α-hetero) is 1. The Morgan fingerprint density at radius 3 is 2.74 bits per heavy atom. The minimum atomic E-state index is -4.64. The van der Waals surface area contributed by atoms with E-state index in [4.69, 9.17) is 5.73 Å². The number of hydrogen-bond donors (Lipinski definition) is 2. The predicted octanol–water partition coefficient (Wildman–Crippen LogP) is 6.77. The van der Waals surface area contributed by atoms with Crippen molar-refractivity contribution in [2.45, 2.75) is 51.6 Å². The number of halogens is 4. The molecule has 198 valence electrons.